The van der Waals surface area contributed by atoms with E-state index >= 15 is 4.39 Å². The van der Waals surface area contributed by atoms with E-state index in [0.717, 1.165) is 5.56 Å². The predicted molar refractivity (Wildman–Crippen MR) is 143 cm³/mol. The van der Waals surface area contributed by atoms with Crippen molar-refractivity contribution < 1.29 is 27.9 Å². The summed E-state index contributed by atoms with van der Waals surface area (Å²) in [7, 11) is 0. The summed E-state index contributed by atoms with van der Waals surface area (Å²) < 4.78 is 34.3. The molecule has 7 nitrogen and oxygen atoms in total. The third kappa shape index (κ3) is 6.77. The maximum absolute atomic E-state index is 15.1. The minimum Gasteiger partial charge on any atom is -0.444 e. The van der Waals surface area contributed by atoms with Crippen LogP contribution in [0.4, 0.5) is 19.3 Å². The van der Waals surface area contributed by atoms with Crippen LogP contribution in [0, 0.1) is 5.82 Å². The van der Waals surface area contributed by atoms with E-state index < -0.39 is 41.0 Å². The van der Waals surface area contributed by atoms with Gasteiger partial charge in [-0.1, -0.05) is 23.7 Å². The number of thioether (sulfide) groups is 1. The summed E-state index contributed by atoms with van der Waals surface area (Å²) in [4.78, 5) is 41.0. The van der Waals surface area contributed by atoms with Crippen LogP contribution in [0.2, 0.25) is 5.02 Å². The van der Waals surface area contributed by atoms with Crippen molar-refractivity contribution in [3.63, 3.8) is 0 Å². The smallest absolute Gasteiger partial charge is 0.408 e. The van der Waals surface area contributed by atoms with Crippen LogP contribution in [0.3, 0.4) is 0 Å². The van der Waals surface area contributed by atoms with Gasteiger partial charge in [-0.15, -0.1) is 11.8 Å². The van der Waals surface area contributed by atoms with Crippen molar-refractivity contribution >= 4 is 47.0 Å². The molecule has 4 rings (SSSR count). The lowest BCUT2D eigenvalue weighted by Gasteiger charge is -2.39. The lowest BCUT2D eigenvalue weighted by atomic mass is 9.79. The molecule has 11 heteroatoms. The largest absolute Gasteiger partial charge is 0.444 e. The number of carbonyl (C=O) groups is 3. The number of ether oxygens (including phenoxy) is 1. The Kier molecular flexibility index (Phi) is 7.95. The number of benzene rings is 2. The highest BCUT2D eigenvalue weighted by Crippen LogP contribution is 2.39. The summed E-state index contributed by atoms with van der Waals surface area (Å²) >= 11 is 7.20. The molecule has 1 aliphatic heterocycles. The number of alkyl carbamates (subject to hydrolysis) is 1. The first kappa shape index (κ1) is 28.2. The molecule has 1 heterocycles. The van der Waals surface area contributed by atoms with Crippen LogP contribution in [0.5, 0.6) is 0 Å². The Morgan fingerprint density at radius 3 is 2.45 bits per heavy atom. The first-order chi connectivity index (χ1) is 17.7. The van der Waals surface area contributed by atoms with Crippen molar-refractivity contribution in [1.29, 1.82) is 0 Å². The number of fused-ring (bicyclic) bond motifs is 1. The van der Waals surface area contributed by atoms with Crippen molar-refractivity contribution in [2.75, 3.05) is 10.7 Å². The van der Waals surface area contributed by atoms with Gasteiger partial charge in [-0.05, 0) is 57.5 Å². The topological polar surface area (TPSA) is 87.7 Å². The van der Waals surface area contributed by atoms with Gasteiger partial charge >= 0.3 is 6.09 Å². The third-order valence-electron chi connectivity index (χ3n) is 6.18. The lowest BCUT2D eigenvalue weighted by molar-refractivity contribution is -0.120. The molecular weight excluding hydrogens is 536 g/mol. The molecule has 3 amide bonds. The Morgan fingerprint density at radius 2 is 1.84 bits per heavy atom. The van der Waals surface area contributed by atoms with Gasteiger partial charge in [0, 0.05) is 34.6 Å². The zero-order valence-corrected chi connectivity index (χ0v) is 23.1. The Balaban J connectivity index is 1.65. The van der Waals surface area contributed by atoms with Crippen molar-refractivity contribution in [3.05, 3.63) is 58.4 Å². The van der Waals surface area contributed by atoms with E-state index in [0.29, 0.717) is 15.6 Å². The van der Waals surface area contributed by atoms with Gasteiger partial charge in [0.2, 0.25) is 0 Å². The fraction of sp³-hybridized carbons (Fsp3) is 0.444. The van der Waals surface area contributed by atoms with Gasteiger partial charge < -0.3 is 20.3 Å². The highest BCUT2D eigenvalue weighted by atomic mass is 35.5. The number of halogens is 3. The van der Waals surface area contributed by atoms with Crippen LogP contribution in [0.1, 0.15) is 56.5 Å². The Labute approximate surface area is 229 Å². The van der Waals surface area contributed by atoms with Crippen LogP contribution in [0.15, 0.2) is 41.3 Å². The average molecular weight is 566 g/mol. The average Bonchev–Trinajstić information content (AvgIpc) is 2.89. The summed E-state index contributed by atoms with van der Waals surface area (Å²) in [6.45, 7) is 6.69. The number of nitrogens with zero attached hydrogens (tertiary/aromatic N) is 1. The first-order valence-corrected chi connectivity index (χ1v) is 13.6. The molecule has 0 bridgehead atoms. The maximum atomic E-state index is 15.1. The number of nitrogens with one attached hydrogen (secondary N) is 2. The van der Waals surface area contributed by atoms with E-state index in [-0.39, 0.29) is 36.7 Å². The molecule has 2 N–H and O–H groups in total. The van der Waals surface area contributed by atoms with Gasteiger partial charge in [-0.25, -0.2) is 13.6 Å². The number of anilines is 1. The summed E-state index contributed by atoms with van der Waals surface area (Å²) in [5.41, 5.74) is -1.28. The maximum Gasteiger partial charge on any atom is 0.408 e. The van der Waals surface area contributed by atoms with E-state index in [1.807, 2.05) is 0 Å². The molecule has 0 spiro atoms. The van der Waals surface area contributed by atoms with E-state index in [1.165, 1.54) is 35.7 Å². The summed E-state index contributed by atoms with van der Waals surface area (Å²) in [5.74, 6) is -1.75. The molecule has 0 unspecified atom stereocenters. The van der Waals surface area contributed by atoms with E-state index in [2.05, 4.69) is 10.6 Å². The summed E-state index contributed by atoms with van der Waals surface area (Å²) in [5, 5.41) is 5.82. The molecule has 1 saturated carbocycles. The van der Waals surface area contributed by atoms with E-state index in [4.69, 9.17) is 16.3 Å². The van der Waals surface area contributed by atoms with Crippen LogP contribution in [-0.4, -0.2) is 47.0 Å². The summed E-state index contributed by atoms with van der Waals surface area (Å²) in [6, 6.07) is 8.08. The van der Waals surface area contributed by atoms with Crippen LogP contribution < -0.4 is 15.5 Å². The van der Waals surface area contributed by atoms with Crippen molar-refractivity contribution in [1.82, 2.24) is 10.6 Å². The third-order valence-corrected chi connectivity index (χ3v) is 7.57. The van der Waals surface area contributed by atoms with Crippen molar-refractivity contribution in [2.45, 2.75) is 75.3 Å². The van der Waals surface area contributed by atoms with Crippen LogP contribution in [0.25, 0.3) is 0 Å². The molecule has 1 atom stereocenters. The Hall–Kier alpha value is -2.85. The fourth-order valence-electron chi connectivity index (χ4n) is 4.42. The quantitative estimate of drug-likeness (QED) is 0.490. The minimum atomic E-state index is -1.35. The van der Waals surface area contributed by atoms with Gasteiger partial charge in [-0.3, -0.25) is 9.59 Å². The standard InChI is InChI=1S/C27H30ClF2N3O4S/c1-26(2,3)37-25(36)32-20-14-38-22-10-19(29)18(23(34)31-17-11-27(4,30)12-17)9-21(22)33(24(20)35)13-15-5-7-16(28)8-6-15/h5-10,17,20H,11-14H2,1-4H3,(H,31,34)(H,32,36)/t17?,20-,27?/m0/s1. The zero-order chi connectivity index (χ0) is 27.8. The molecule has 38 heavy (non-hydrogen) atoms. The van der Waals surface area contributed by atoms with Gasteiger partial charge in [0.1, 0.15) is 23.1 Å². The molecule has 0 aromatic heterocycles. The van der Waals surface area contributed by atoms with Crippen molar-refractivity contribution in [2.24, 2.45) is 0 Å². The molecule has 1 aliphatic carbocycles. The van der Waals surface area contributed by atoms with E-state index in [1.54, 1.807) is 45.0 Å². The first-order valence-electron chi connectivity index (χ1n) is 12.2. The monoisotopic (exact) mass is 565 g/mol. The number of amides is 3. The number of rotatable bonds is 5. The number of carbonyl (C=O) groups excluding carboxylic acids is 3. The Morgan fingerprint density at radius 1 is 1.18 bits per heavy atom. The summed E-state index contributed by atoms with van der Waals surface area (Å²) in [6.07, 6.45) is -0.443. The SMILES string of the molecule is CC1(F)CC(NC(=O)c2cc3c(cc2F)SC[C@H](NC(=O)OC(C)(C)C)C(=O)N3Cc2ccc(Cl)cc2)C1. The van der Waals surface area contributed by atoms with Gasteiger partial charge in [0.25, 0.3) is 11.8 Å². The minimum absolute atomic E-state index is 0.0889. The molecular formula is C27H30ClF2N3O4S. The number of hydrogen-bond acceptors (Lipinski definition) is 5. The number of alkyl halides is 1. The highest BCUT2D eigenvalue weighted by molar-refractivity contribution is 7.99. The van der Waals surface area contributed by atoms with Crippen molar-refractivity contribution in [3.8, 4) is 0 Å². The van der Waals surface area contributed by atoms with Gasteiger partial charge in [0.05, 0.1) is 17.8 Å². The molecule has 1 fully saturated rings. The van der Waals surface area contributed by atoms with Gasteiger partial charge in [-0.2, -0.15) is 0 Å². The normalized spacial score (nSPS) is 23.1. The zero-order valence-electron chi connectivity index (χ0n) is 21.6. The molecule has 2 aliphatic rings. The molecule has 0 saturated heterocycles. The highest BCUT2D eigenvalue weighted by Gasteiger charge is 2.42. The second-order valence-corrected chi connectivity index (χ2v) is 12.4. The molecule has 204 valence electrons. The predicted octanol–water partition coefficient (Wildman–Crippen LogP) is 5.63. The molecule has 2 aromatic rings. The molecule has 2 aromatic carbocycles. The van der Waals surface area contributed by atoms with Gasteiger partial charge in [0.15, 0.2) is 0 Å². The molecule has 0 radical (unpaired) electrons. The van der Waals surface area contributed by atoms with Crippen LogP contribution in [-0.2, 0) is 16.1 Å². The van der Waals surface area contributed by atoms with E-state index in [9.17, 15) is 18.8 Å². The fourth-order valence-corrected chi connectivity index (χ4v) is 5.62. The lowest BCUT2D eigenvalue weighted by Crippen LogP contribution is -2.51. The number of hydrogen-bond donors (Lipinski definition) is 2. The second-order valence-electron chi connectivity index (χ2n) is 10.9. The van der Waals surface area contributed by atoms with Crippen LogP contribution >= 0.6 is 23.4 Å². The second kappa shape index (κ2) is 10.7. The Bertz CT molecular complexity index is 1240.